The van der Waals surface area contributed by atoms with Gasteiger partial charge in [-0.3, -0.25) is 4.79 Å². The number of rotatable bonds is 6. The Labute approximate surface area is 138 Å². The number of nitrogens with zero attached hydrogens (tertiary/aromatic N) is 2. The molecule has 0 aliphatic carbocycles. The number of alkyl halides is 3. The molecule has 2 rings (SSSR count). The molecule has 0 saturated heterocycles. The van der Waals surface area contributed by atoms with Crippen molar-refractivity contribution in [3.05, 3.63) is 35.7 Å². The minimum Gasteiger partial charge on any atom is -0.468 e. The van der Waals surface area contributed by atoms with E-state index in [9.17, 15) is 22.8 Å². The fraction of sp³-hybridized carbons (Fsp3) is 0.286. The molecule has 134 valence electrons. The maximum absolute atomic E-state index is 12.0. The highest BCUT2D eigenvalue weighted by atomic mass is 19.4. The molecule has 2 aromatic heterocycles. The van der Waals surface area contributed by atoms with Crippen LogP contribution in [0, 0.1) is 6.92 Å². The van der Waals surface area contributed by atoms with Gasteiger partial charge >= 0.3 is 12.1 Å². The van der Waals surface area contributed by atoms with Gasteiger partial charge in [0.05, 0.1) is 5.56 Å². The summed E-state index contributed by atoms with van der Waals surface area (Å²) in [7, 11) is 0. The van der Waals surface area contributed by atoms with Crippen molar-refractivity contribution in [2.75, 3.05) is 18.5 Å². The Morgan fingerprint density at radius 3 is 2.64 bits per heavy atom. The van der Waals surface area contributed by atoms with E-state index in [-0.39, 0.29) is 17.3 Å². The Hall–Kier alpha value is -3.11. The summed E-state index contributed by atoms with van der Waals surface area (Å²) in [6, 6.07) is 3.73. The molecule has 0 atom stereocenters. The van der Waals surface area contributed by atoms with Gasteiger partial charge in [-0.2, -0.15) is 13.2 Å². The fourth-order valence-electron chi connectivity index (χ4n) is 1.56. The molecule has 0 aliphatic heterocycles. The van der Waals surface area contributed by atoms with Gasteiger partial charge in [0, 0.05) is 18.3 Å². The summed E-state index contributed by atoms with van der Waals surface area (Å²) in [5.41, 5.74) is -0.0514. The van der Waals surface area contributed by atoms with Crippen LogP contribution in [0.4, 0.5) is 19.0 Å². The summed E-state index contributed by atoms with van der Waals surface area (Å²) in [5, 5.41) is 5.88. The number of esters is 1. The van der Waals surface area contributed by atoms with E-state index in [1.807, 2.05) is 0 Å². The number of nitrogens with one attached hydrogen (secondary N) is 1. The highest BCUT2D eigenvalue weighted by molar-refractivity contribution is 5.94. The number of halogens is 3. The van der Waals surface area contributed by atoms with Crippen molar-refractivity contribution in [1.29, 1.82) is 0 Å². The molecule has 1 N–H and O–H groups in total. The number of hydrogen-bond acceptors (Lipinski definition) is 7. The van der Waals surface area contributed by atoms with E-state index in [4.69, 9.17) is 9.26 Å². The lowest BCUT2D eigenvalue weighted by molar-refractivity contribution is -0.154. The fourth-order valence-corrected chi connectivity index (χ4v) is 1.56. The van der Waals surface area contributed by atoms with Crippen LogP contribution in [-0.4, -0.2) is 41.4 Å². The lowest BCUT2D eigenvalue weighted by atomic mass is 10.3. The standard InChI is InChI=1S/C14H12F3N3O5/c1-8-4-10(20-25-8)19-11(21)6-23-13(22)9-2-3-12(18-5-9)24-7-14(15,16)17/h2-5H,6-7H2,1H3,(H,19,20,21). The summed E-state index contributed by atoms with van der Waals surface area (Å²) in [6.07, 6.45) is -3.51. The zero-order valence-electron chi connectivity index (χ0n) is 12.8. The number of amides is 1. The van der Waals surface area contributed by atoms with Crippen LogP contribution in [0.1, 0.15) is 16.1 Å². The second kappa shape index (κ2) is 7.64. The molecule has 0 aromatic carbocycles. The normalized spacial score (nSPS) is 11.0. The molecule has 0 spiro atoms. The summed E-state index contributed by atoms with van der Waals surface area (Å²) in [5.74, 6) is -1.15. The van der Waals surface area contributed by atoms with E-state index in [0.29, 0.717) is 5.76 Å². The highest BCUT2D eigenvalue weighted by Crippen LogP contribution is 2.17. The predicted octanol–water partition coefficient (Wildman–Crippen LogP) is 2.11. The molecule has 2 heterocycles. The van der Waals surface area contributed by atoms with E-state index in [1.165, 1.54) is 12.1 Å². The van der Waals surface area contributed by atoms with Crippen molar-refractivity contribution in [3.63, 3.8) is 0 Å². The third kappa shape index (κ3) is 6.12. The number of hydrogen-bond donors (Lipinski definition) is 1. The van der Waals surface area contributed by atoms with Crippen molar-refractivity contribution < 1.29 is 36.8 Å². The smallest absolute Gasteiger partial charge is 0.422 e. The zero-order chi connectivity index (χ0) is 18.4. The van der Waals surface area contributed by atoms with E-state index < -0.39 is 31.3 Å². The molecule has 0 unspecified atom stereocenters. The first kappa shape index (κ1) is 18.2. The molecule has 0 saturated carbocycles. The molecule has 25 heavy (non-hydrogen) atoms. The lowest BCUT2D eigenvalue weighted by Gasteiger charge is -2.08. The van der Waals surface area contributed by atoms with Crippen LogP contribution in [0.3, 0.4) is 0 Å². The highest BCUT2D eigenvalue weighted by Gasteiger charge is 2.28. The van der Waals surface area contributed by atoms with E-state index in [0.717, 1.165) is 12.3 Å². The van der Waals surface area contributed by atoms with Gasteiger partial charge < -0.3 is 19.3 Å². The van der Waals surface area contributed by atoms with Crippen LogP contribution in [0.15, 0.2) is 28.9 Å². The largest absolute Gasteiger partial charge is 0.468 e. The third-order valence-electron chi connectivity index (χ3n) is 2.59. The predicted molar refractivity (Wildman–Crippen MR) is 75.9 cm³/mol. The van der Waals surface area contributed by atoms with Crippen molar-refractivity contribution in [1.82, 2.24) is 10.1 Å². The van der Waals surface area contributed by atoms with Crippen molar-refractivity contribution in [3.8, 4) is 5.88 Å². The van der Waals surface area contributed by atoms with Crippen LogP contribution in [0.5, 0.6) is 5.88 Å². The summed E-state index contributed by atoms with van der Waals surface area (Å²) in [4.78, 5) is 26.9. The van der Waals surface area contributed by atoms with Gasteiger partial charge in [-0.25, -0.2) is 9.78 Å². The van der Waals surface area contributed by atoms with Gasteiger partial charge in [0.25, 0.3) is 5.91 Å². The van der Waals surface area contributed by atoms with E-state index in [2.05, 4.69) is 20.2 Å². The number of aryl methyl sites for hydroxylation is 1. The Morgan fingerprint density at radius 2 is 2.08 bits per heavy atom. The minimum absolute atomic E-state index is 0.0514. The minimum atomic E-state index is -4.49. The molecule has 11 heteroatoms. The summed E-state index contributed by atoms with van der Waals surface area (Å²) >= 11 is 0. The van der Waals surface area contributed by atoms with Gasteiger partial charge in [-0.15, -0.1) is 0 Å². The molecule has 2 aromatic rings. The number of aromatic nitrogens is 2. The Morgan fingerprint density at radius 1 is 1.32 bits per heavy atom. The Balaban J connectivity index is 1.81. The number of carbonyl (C=O) groups is 2. The van der Waals surface area contributed by atoms with Crippen LogP contribution >= 0.6 is 0 Å². The topological polar surface area (TPSA) is 104 Å². The average Bonchev–Trinajstić information content (AvgIpc) is 2.95. The van der Waals surface area contributed by atoms with Crippen LogP contribution in [0.25, 0.3) is 0 Å². The second-order valence-corrected chi connectivity index (χ2v) is 4.74. The van der Waals surface area contributed by atoms with Gasteiger partial charge in [-0.1, -0.05) is 5.16 Å². The maximum Gasteiger partial charge on any atom is 0.422 e. The van der Waals surface area contributed by atoms with Crippen molar-refractivity contribution in [2.45, 2.75) is 13.1 Å². The van der Waals surface area contributed by atoms with Crippen LogP contribution < -0.4 is 10.1 Å². The van der Waals surface area contributed by atoms with E-state index in [1.54, 1.807) is 6.92 Å². The molecule has 0 bridgehead atoms. The van der Waals surface area contributed by atoms with Crippen molar-refractivity contribution >= 4 is 17.7 Å². The van der Waals surface area contributed by atoms with Crippen LogP contribution in [0.2, 0.25) is 0 Å². The summed E-state index contributed by atoms with van der Waals surface area (Å²) < 4.78 is 49.9. The molecule has 0 aliphatic rings. The number of pyridine rings is 1. The van der Waals surface area contributed by atoms with Gasteiger partial charge in [-0.05, 0) is 13.0 Å². The van der Waals surface area contributed by atoms with E-state index >= 15 is 0 Å². The zero-order valence-corrected chi connectivity index (χ0v) is 12.8. The SMILES string of the molecule is Cc1cc(NC(=O)COC(=O)c2ccc(OCC(F)(F)F)nc2)no1. The van der Waals surface area contributed by atoms with Crippen LogP contribution in [-0.2, 0) is 9.53 Å². The molecule has 8 nitrogen and oxygen atoms in total. The van der Waals surface area contributed by atoms with Gasteiger partial charge in [0.2, 0.25) is 5.88 Å². The number of anilines is 1. The number of carbonyl (C=O) groups excluding carboxylic acids is 2. The monoisotopic (exact) mass is 359 g/mol. The molecule has 1 amide bonds. The molecule has 0 radical (unpaired) electrons. The van der Waals surface area contributed by atoms with Crippen molar-refractivity contribution in [2.24, 2.45) is 0 Å². The van der Waals surface area contributed by atoms with Gasteiger partial charge in [0.15, 0.2) is 19.0 Å². The second-order valence-electron chi connectivity index (χ2n) is 4.74. The number of ether oxygens (including phenoxy) is 2. The Kier molecular flexibility index (Phi) is 5.57. The lowest BCUT2D eigenvalue weighted by Crippen LogP contribution is -2.21. The first-order chi connectivity index (χ1) is 11.7. The summed E-state index contributed by atoms with van der Waals surface area (Å²) in [6.45, 7) is -0.444. The quantitative estimate of drug-likeness (QED) is 0.788. The van der Waals surface area contributed by atoms with Gasteiger partial charge in [0.1, 0.15) is 5.76 Å². The first-order valence-electron chi connectivity index (χ1n) is 6.79. The molecular formula is C14H12F3N3O5. The first-order valence-corrected chi connectivity index (χ1v) is 6.79. The average molecular weight is 359 g/mol. The third-order valence-corrected chi connectivity index (χ3v) is 2.59. The maximum atomic E-state index is 12.0. The Bertz CT molecular complexity index is 743. The molecule has 0 fully saturated rings. The molecular weight excluding hydrogens is 347 g/mol.